The number of H-pyrrole nitrogens is 1. The highest BCUT2D eigenvalue weighted by Gasteiger charge is 2.57. The van der Waals surface area contributed by atoms with Crippen molar-refractivity contribution in [2.24, 2.45) is 5.92 Å². The number of rotatable bonds is 5. The van der Waals surface area contributed by atoms with Gasteiger partial charge in [-0.2, -0.15) is 0 Å². The molecule has 2 rings (SSSR count). The van der Waals surface area contributed by atoms with Gasteiger partial charge in [0.25, 0.3) is 5.56 Å². The van der Waals surface area contributed by atoms with Gasteiger partial charge in [0, 0.05) is 18.2 Å². The minimum atomic E-state index is -2.28. The second-order valence-electron chi connectivity index (χ2n) is 8.41. The molecule has 0 saturated carbocycles. The molecule has 1 aromatic heterocycles. The standard InChI is InChI=1S/C17H28N2O6Si/c1-11-13(25-26(5,6)16(2,3)4)17(9-20,10-21)24-14(11)19-8-7-12(22)18-15(19)23/h7-9,11,13-14,21H,10H2,1-6H3,(H,18,22,23). The molecule has 4 atom stereocenters. The second kappa shape index (κ2) is 6.88. The summed E-state index contributed by atoms with van der Waals surface area (Å²) in [6.07, 6.45) is 0.323. The summed E-state index contributed by atoms with van der Waals surface area (Å²) in [6, 6.07) is 1.21. The lowest BCUT2D eigenvalue weighted by Crippen LogP contribution is -2.54. The molecule has 0 radical (unpaired) electrons. The molecule has 9 heteroatoms. The normalized spacial score (nSPS) is 29.7. The van der Waals surface area contributed by atoms with Crippen LogP contribution in [-0.4, -0.2) is 47.6 Å². The predicted octanol–water partition coefficient (Wildman–Crippen LogP) is 1.02. The van der Waals surface area contributed by atoms with Crippen LogP contribution in [0.25, 0.3) is 0 Å². The summed E-state index contributed by atoms with van der Waals surface area (Å²) in [6.45, 7) is 11.6. The van der Waals surface area contributed by atoms with Gasteiger partial charge in [-0.1, -0.05) is 27.7 Å². The van der Waals surface area contributed by atoms with E-state index in [1.807, 2.05) is 13.1 Å². The lowest BCUT2D eigenvalue weighted by Gasteiger charge is -2.42. The van der Waals surface area contributed by atoms with E-state index in [2.05, 4.69) is 25.8 Å². The predicted molar refractivity (Wildman–Crippen MR) is 98.6 cm³/mol. The smallest absolute Gasteiger partial charge is 0.330 e. The molecular formula is C17H28N2O6Si. The van der Waals surface area contributed by atoms with Crippen LogP contribution in [0.3, 0.4) is 0 Å². The quantitative estimate of drug-likeness (QED) is 0.579. The number of aldehydes is 1. The number of aliphatic hydroxyl groups excluding tert-OH is 1. The largest absolute Gasteiger partial charge is 0.410 e. The summed E-state index contributed by atoms with van der Waals surface area (Å²) in [5.74, 6) is -0.398. The fourth-order valence-corrected chi connectivity index (χ4v) is 4.29. The van der Waals surface area contributed by atoms with Crippen LogP contribution in [0.15, 0.2) is 21.9 Å². The van der Waals surface area contributed by atoms with Crippen LogP contribution in [0.2, 0.25) is 18.1 Å². The maximum absolute atomic E-state index is 12.2. The molecule has 1 aliphatic rings. The highest BCUT2D eigenvalue weighted by atomic mass is 28.4. The first-order chi connectivity index (χ1) is 11.9. The number of hydrogen-bond donors (Lipinski definition) is 2. The van der Waals surface area contributed by atoms with Gasteiger partial charge < -0.3 is 14.3 Å². The van der Waals surface area contributed by atoms with Crippen LogP contribution in [0.4, 0.5) is 0 Å². The number of nitrogens with one attached hydrogen (secondary N) is 1. The fraction of sp³-hybridized carbons (Fsp3) is 0.706. The lowest BCUT2D eigenvalue weighted by molar-refractivity contribution is -0.150. The average Bonchev–Trinajstić information content (AvgIpc) is 2.80. The Morgan fingerprint density at radius 3 is 2.50 bits per heavy atom. The first-order valence-corrected chi connectivity index (χ1v) is 11.5. The molecule has 0 amide bonds. The monoisotopic (exact) mass is 384 g/mol. The minimum absolute atomic E-state index is 0.107. The molecule has 0 aliphatic carbocycles. The van der Waals surface area contributed by atoms with E-state index in [1.54, 1.807) is 6.92 Å². The van der Waals surface area contributed by atoms with Crippen LogP contribution >= 0.6 is 0 Å². The molecule has 1 aromatic rings. The van der Waals surface area contributed by atoms with Crippen molar-refractivity contribution in [1.82, 2.24) is 9.55 Å². The van der Waals surface area contributed by atoms with Crippen LogP contribution < -0.4 is 11.2 Å². The molecule has 0 bridgehead atoms. The Kier molecular flexibility index (Phi) is 5.49. The van der Waals surface area contributed by atoms with Gasteiger partial charge in [-0.05, 0) is 18.1 Å². The lowest BCUT2D eigenvalue weighted by atomic mass is 9.92. The summed E-state index contributed by atoms with van der Waals surface area (Å²) in [5, 5.41) is 9.81. The van der Waals surface area contributed by atoms with Crippen molar-refractivity contribution < 1.29 is 19.1 Å². The van der Waals surface area contributed by atoms with Crippen molar-refractivity contribution in [3.05, 3.63) is 33.1 Å². The maximum Gasteiger partial charge on any atom is 0.330 e. The third-order valence-corrected chi connectivity index (χ3v) is 10.0. The fourth-order valence-electron chi connectivity index (χ4n) is 2.89. The van der Waals surface area contributed by atoms with Crippen molar-refractivity contribution in [2.75, 3.05) is 6.61 Å². The van der Waals surface area contributed by atoms with Gasteiger partial charge in [0.1, 0.15) is 6.23 Å². The average molecular weight is 385 g/mol. The van der Waals surface area contributed by atoms with Crippen molar-refractivity contribution in [1.29, 1.82) is 0 Å². The number of aromatic nitrogens is 2. The SMILES string of the molecule is CC1C(n2ccc(=O)[nH]c2=O)OC(C=O)(CO)C1O[Si](C)(C)C(C)(C)C. The number of carbonyl (C=O) groups excluding carboxylic acids is 1. The van der Waals surface area contributed by atoms with Gasteiger partial charge in [-0.25, -0.2) is 4.79 Å². The van der Waals surface area contributed by atoms with Gasteiger partial charge in [0.15, 0.2) is 20.2 Å². The highest BCUT2D eigenvalue weighted by Crippen LogP contribution is 2.46. The van der Waals surface area contributed by atoms with E-state index in [0.717, 1.165) is 0 Å². The Morgan fingerprint density at radius 1 is 1.42 bits per heavy atom. The van der Waals surface area contributed by atoms with Gasteiger partial charge in [-0.3, -0.25) is 19.1 Å². The Bertz CT molecular complexity index is 780. The number of nitrogens with zero attached hydrogens (tertiary/aromatic N) is 1. The van der Waals surface area contributed by atoms with Gasteiger partial charge in [0.2, 0.25) is 0 Å². The highest BCUT2D eigenvalue weighted by molar-refractivity contribution is 6.74. The van der Waals surface area contributed by atoms with Crippen molar-refractivity contribution in [3.63, 3.8) is 0 Å². The topological polar surface area (TPSA) is 111 Å². The zero-order valence-corrected chi connectivity index (χ0v) is 17.1. The Labute approximate surface area is 153 Å². The van der Waals surface area contributed by atoms with E-state index in [-0.39, 0.29) is 5.04 Å². The summed E-state index contributed by atoms with van der Waals surface area (Å²) in [4.78, 5) is 37.5. The molecule has 1 saturated heterocycles. The zero-order valence-electron chi connectivity index (χ0n) is 16.1. The Morgan fingerprint density at radius 2 is 2.04 bits per heavy atom. The van der Waals surface area contributed by atoms with Crippen LogP contribution in [0.1, 0.15) is 33.9 Å². The molecule has 1 fully saturated rings. The second-order valence-corrected chi connectivity index (χ2v) is 13.2. The van der Waals surface area contributed by atoms with Crippen molar-refractivity contribution >= 4 is 14.6 Å². The summed E-state index contributed by atoms with van der Waals surface area (Å²) in [5.41, 5.74) is -2.72. The van der Waals surface area contributed by atoms with E-state index >= 15 is 0 Å². The van der Waals surface area contributed by atoms with E-state index in [9.17, 15) is 19.5 Å². The number of carbonyl (C=O) groups is 1. The number of ether oxygens (including phenoxy) is 1. The number of aromatic amines is 1. The molecule has 2 heterocycles. The van der Waals surface area contributed by atoms with Crippen LogP contribution in [0.5, 0.6) is 0 Å². The summed E-state index contributed by atoms with van der Waals surface area (Å²) < 4.78 is 13.5. The molecule has 0 aromatic carbocycles. The van der Waals surface area contributed by atoms with Gasteiger partial charge in [0.05, 0.1) is 12.7 Å². The van der Waals surface area contributed by atoms with Gasteiger partial charge in [-0.15, -0.1) is 0 Å². The third-order valence-electron chi connectivity index (χ3n) is 5.55. The zero-order chi connectivity index (χ0) is 19.9. The number of hydrogen-bond acceptors (Lipinski definition) is 6. The molecule has 2 N–H and O–H groups in total. The maximum atomic E-state index is 12.2. The van der Waals surface area contributed by atoms with E-state index in [0.29, 0.717) is 6.29 Å². The van der Waals surface area contributed by atoms with Crippen molar-refractivity contribution in [2.45, 2.75) is 63.8 Å². The molecule has 146 valence electrons. The molecule has 26 heavy (non-hydrogen) atoms. The molecule has 0 spiro atoms. The Balaban J connectivity index is 2.48. The molecular weight excluding hydrogens is 356 g/mol. The molecule has 1 aliphatic heterocycles. The molecule has 4 unspecified atom stereocenters. The van der Waals surface area contributed by atoms with E-state index in [1.165, 1.54) is 16.8 Å². The van der Waals surface area contributed by atoms with E-state index < -0.39 is 50.0 Å². The van der Waals surface area contributed by atoms with Gasteiger partial charge >= 0.3 is 5.69 Å². The summed E-state index contributed by atoms with van der Waals surface area (Å²) >= 11 is 0. The van der Waals surface area contributed by atoms with Crippen LogP contribution in [0, 0.1) is 5.92 Å². The van der Waals surface area contributed by atoms with E-state index in [4.69, 9.17) is 9.16 Å². The number of aliphatic hydroxyl groups is 1. The summed E-state index contributed by atoms with van der Waals surface area (Å²) in [7, 11) is -2.28. The van der Waals surface area contributed by atoms with Crippen LogP contribution in [-0.2, 0) is 14.0 Å². The Hall–Kier alpha value is -1.55. The van der Waals surface area contributed by atoms with Crippen molar-refractivity contribution in [3.8, 4) is 0 Å². The minimum Gasteiger partial charge on any atom is -0.410 e. The third kappa shape index (κ3) is 3.48. The molecule has 8 nitrogen and oxygen atoms in total. The first-order valence-electron chi connectivity index (χ1n) is 8.63. The first kappa shape index (κ1) is 20.8.